The Morgan fingerprint density at radius 2 is 1.58 bits per heavy atom. The normalized spacial score (nSPS) is 11.3. The second-order valence-corrected chi connectivity index (χ2v) is 8.30. The Bertz CT molecular complexity index is 1320. The third-order valence-electron chi connectivity index (χ3n) is 4.78. The predicted molar refractivity (Wildman–Crippen MR) is 118 cm³/mol. The van der Waals surface area contributed by atoms with Gasteiger partial charge in [0.1, 0.15) is 6.33 Å². The van der Waals surface area contributed by atoms with Crippen molar-refractivity contribution in [2.24, 2.45) is 0 Å². The monoisotopic (exact) mass is 439 g/mol. The second kappa shape index (κ2) is 8.19. The van der Waals surface area contributed by atoms with Crippen molar-refractivity contribution in [3.05, 3.63) is 67.0 Å². The van der Waals surface area contributed by atoms with Crippen LogP contribution in [0.3, 0.4) is 0 Å². The quantitative estimate of drug-likeness (QED) is 0.470. The molecule has 0 saturated carbocycles. The minimum atomic E-state index is -3.92. The van der Waals surface area contributed by atoms with Gasteiger partial charge in [0.15, 0.2) is 11.5 Å². The van der Waals surface area contributed by atoms with E-state index in [0.29, 0.717) is 11.4 Å². The van der Waals surface area contributed by atoms with E-state index in [1.807, 2.05) is 34.9 Å². The molecule has 4 rings (SSSR count). The molecular formula is C22H21N3O5S. The number of ether oxygens (including phenoxy) is 3. The fourth-order valence-corrected chi connectivity index (χ4v) is 4.39. The van der Waals surface area contributed by atoms with Crippen molar-refractivity contribution in [2.75, 3.05) is 26.1 Å². The number of hydrogen-bond donors (Lipinski definition) is 1. The van der Waals surface area contributed by atoms with E-state index in [2.05, 4.69) is 9.71 Å². The molecule has 1 aromatic heterocycles. The summed E-state index contributed by atoms with van der Waals surface area (Å²) in [7, 11) is 0.396. The molecule has 31 heavy (non-hydrogen) atoms. The lowest BCUT2D eigenvalue weighted by atomic mass is 10.2. The van der Waals surface area contributed by atoms with Crippen molar-refractivity contribution in [2.45, 2.75) is 4.90 Å². The number of sulfonamides is 1. The van der Waals surface area contributed by atoms with Crippen LogP contribution in [0, 0.1) is 0 Å². The molecular weight excluding hydrogens is 418 g/mol. The first-order chi connectivity index (χ1) is 15.0. The van der Waals surface area contributed by atoms with Gasteiger partial charge in [0.2, 0.25) is 5.75 Å². The molecule has 0 aliphatic rings. The third-order valence-corrected chi connectivity index (χ3v) is 6.14. The molecule has 0 fully saturated rings. The molecule has 0 aliphatic heterocycles. The Kier molecular flexibility index (Phi) is 5.43. The summed E-state index contributed by atoms with van der Waals surface area (Å²) in [5.74, 6) is 0.819. The molecule has 3 aromatic carbocycles. The van der Waals surface area contributed by atoms with Gasteiger partial charge in [-0.2, -0.15) is 0 Å². The van der Waals surface area contributed by atoms with Crippen LogP contribution in [-0.4, -0.2) is 39.3 Å². The molecule has 0 amide bonds. The molecule has 0 unspecified atom stereocenters. The minimum Gasteiger partial charge on any atom is -0.493 e. The van der Waals surface area contributed by atoms with Crippen LogP contribution < -0.4 is 18.9 Å². The van der Waals surface area contributed by atoms with Crippen LogP contribution in [0.25, 0.3) is 16.7 Å². The molecule has 9 heteroatoms. The fraction of sp³-hybridized carbons (Fsp3) is 0.136. The van der Waals surface area contributed by atoms with Crippen molar-refractivity contribution in [3.8, 4) is 22.9 Å². The zero-order valence-corrected chi connectivity index (χ0v) is 18.0. The Hall–Kier alpha value is -3.72. The van der Waals surface area contributed by atoms with Gasteiger partial charge in [-0.3, -0.25) is 9.29 Å². The maximum atomic E-state index is 13.1. The van der Waals surface area contributed by atoms with Crippen LogP contribution in [-0.2, 0) is 10.0 Å². The van der Waals surface area contributed by atoms with Gasteiger partial charge >= 0.3 is 0 Å². The lowest BCUT2D eigenvalue weighted by molar-refractivity contribution is 0.323. The highest BCUT2D eigenvalue weighted by Gasteiger charge is 2.21. The van der Waals surface area contributed by atoms with Gasteiger partial charge < -0.3 is 14.2 Å². The summed E-state index contributed by atoms with van der Waals surface area (Å²) in [6, 6.07) is 17.6. The van der Waals surface area contributed by atoms with Crippen LogP contribution in [0.4, 0.5) is 5.69 Å². The predicted octanol–water partition coefficient (Wildman–Crippen LogP) is 3.85. The zero-order chi connectivity index (χ0) is 22.0. The van der Waals surface area contributed by atoms with E-state index in [-0.39, 0.29) is 16.4 Å². The van der Waals surface area contributed by atoms with Gasteiger partial charge in [-0.25, -0.2) is 13.4 Å². The van der Waals surface area contributed by atoms with Crippen LogP contribution in [0.5, 0.6) is 17.2 Å². The molecule has 1 heterocycles. The molecule has 160 valence electrons. The summed E-state index contributed by atoms with van der Waals surface area (Å²) >= 11 is 0. The first-order valence-corrected chi connectivity index (χ1v) is 10.8. The average molecular weight is 439 g/mol. The number of nitrogens with one attached hydrogen (secondary N) is 1. The summed E-state index contributed by atoms with van der Waals surface area (Å²) in [5.41, 5.74) is 2.96. The number of aromatic nitrogens is 2. The highest BCUT2D eigenvalue weighted by molar-refractivity contribution is 7.92. The highest BCUT2D eigenvalue weighted by atomic mass is 32.2. The standard InChI is InChI=1S/C22H21N3O5S/c1-28-20-12-17(13-21(29-2)22(20)30-3)31(26,27)24-15-7-6-8-16(11-15)25-14-23-18-9-4-5-10-19(18)25/h4-14,24H,1-3H3. The van der Waals surface area contributed by atoms with Crippen LogP contribution in [0.15, 0.2) is 71.9 Å². The van der Waals surface area contributed by atoms with Crippen molar-refractivity contribution < 1.29 is 22.6 Å². The number of fused-ring (bicyclic) bond motifs is 1. The summed E-state index contributed by atoms with van der Waals surface area (Å²) < 4.78 is 46.4. The fourth-order valence-electron chi connectivity index (χ4n) is 3.31. The van der Waals surface area contributed by atoms with Crippen molar-refractivity contribution in [1.82, 2.24) is 9.55 Å². The van der Waals surface area contributed by atoms with Crippen LogP contribution in [0.1, 0.15) is 0 Å². The number of anilines is 1. The topological polar surface area (TPSA) is 91.7 Å². The van der Waals surface area contributed by atoms with Crippen molar-refractivity contribution in [3.63, 3.8) is 0 Å². The van der Waals surface area contributed by atoms with Gasteiger partial charge in [-0.05, 0) is 30.3 Å². The summed E-state index contributed by atoms with van der Waals surface area (Å²) in [5, 5.41) is 0. The number of benzene rings is 3. The highest BCUT2D eigenvalue weighted by Crippen LogP contribution is 2.39. The van der Waals surface area contributed by atoms with E-state index in [4.69, 9.17) is 14.2 Å². The van der Waals surface area contributed by atoms with Crippen LogP contribution in [0.2, 0.25) is 0 Å². The first kappa shape index (κ1) is 20.5. The van der Waals surface area contributed by atoms with Gasteiger partial charge in [-0.1, -0.05) is 18.2 Å². The van der Waals surface area contributed by atoms with Gasteiger partial charge in [0.25, 0.3) is 10.0 Å². The maximum Gasteiger partial charge on any atom is 0.262 e. The molecule has 4 aromatic rings. The van der Waals surface area contributed by atoms with E-state index in [0.717, 1.165) is 16.7 Å². The Morgan fingerprint density at radius 3 is 2.26 bits per heavy atom. The van der Waals surface area contributed by atoms with E-state index >= 15 is 0 Å². The first-order valence-electron chi connectivity index (χ1n) is 9.32. The average Bonchev–Trinajstić information content (AvgIpc) is 3.22. The molecule has 0 radical (unpaired) electrons. The number of nitrogens with zero attached hydrogens (tertiary/aromatic N) is 2. The largest absolute Gasteiger partial charge is 0.493 e. The smallest absolute Gasteiger partial charge is 0.262 e. The van der Waals surface area contributed by atoms with Gasteiger partial charge in [0.05, 0.1) is 42.9 Å². The van der Waals surface area contributed by atoms with E-state index in [1.54, 1.807) is 24.5 Å². The molecule has 1 N–H and O–H groups in total. The Balaban J connectivity index is 1.70. The molecule has 0 bridgehead atoms. The number of para-hydroxylation sites is 2. The maximum absolute atomic E-state index is 13.1. The Morgan fingerprint density at radius 1 is 0.871 bits per heavy atom. The lowest BCUT2D eigenvalue weighted by Crippen LogP contribution is -2.14. The summed E-state index contributed by atoms with van der Waals surface area (Å²) in [6.45, 7) is 0. The van der Waals surface area contributed by atoms with E-state index < -0.39 is 10.0 Å². The molecule has 0 aliphatic carbocycles. The second-order valence-electron chi connectivity index (χ2n) is 6.62. The van der Waals surface area contributed by atoms with Crippen molar-refractivity contribution >= 4 is 26.7 Å². The third kappa shape index (κ3) is 3.87. The van der Waals surface area contributed by atoms with Gasteiger partial charge in [0, 0.05) is 17.8 Å². The zero-order valence-electron chi connectivity index (χ0n) is 17.2. The molecule has 8 nitrogen and oxygen atoms in total. The SMILES string of the molecule is COc1cc(S(=O)(=O)Nc2cccc(-n3cnc4ccccc43)c2)cc(OC)c1OC. The lowest BCUT2D eigenvalue weighted by Gasteiger charge is -2.15. The molecule has 0 atom stereocenters. The van der Waals surface area contributed by atoms with Crippen molar-refractivity contribution in [1.29, 1.82) is 0 Å². The number of imidazole rings is 1. The number of rotatable bonds is 7. The van der Waals surface area contributed by atoms with E-state index in [1.165, 1.54) is 33.5 Å². The summed E-state index contributed by atoms with van der Waals surface area (Å²) in [6.07, 6.45) is 1.71. The molecule has 0 saturated heterocycles. The minimum absolute atomic E-state index is 0.0134. The molecule has 0 spiro atoms. The Labute approximate surface area is 180 Å². The number of methoxy groups -OCH3 is 3. The summed E-state index contributed by atoms with van der Waals surface area (Å²) in [4.78, 5) is 4.37. The van der Waals surface area contributed by atoms with Gasteiger partial charge in [-0.15, -0.1) is 0 Å². The number of hydrogen-bond acceptors (Lipinski definition) is 6. The van der Waals surface area contributed by atoms with E-state index in [9.17, 15) is 8.42 Å². The van der Waals surface area contributed by atoms with Crippen LogP contribution >= 0.6 is 0 Å².